The number of aromatic nitrogens is 2. The molecule has 0 radical (unpaired) electrons. The number of hydrogen-bond acceptors (Lipinski definition) is 4. The van der Waals surface area contributed by atoms with Crippen LogP contribution < -0.4 is 10.9 Å². The summed E-state index contributed by atoms with van der Waals surface area (Å²) in [5, 5.41) is 12.2. The van der Waals surface area contributed by atoms with Crippen molar-refractivity contribution in [3.63, 3.8) is 0 Å². The van der Waals surface area contributed by atoms with Crippen molar-refractivity contribution in [3.8, 4) is 10.6 Å². The van der Waals surface area contributed by atoms with E-state index < -0.39 is 0 Å². The van der Waals surface area contributed by atoms with Crippen LogP contribution in [0.1, 0.15) is 31.2 Å². The zero-order chi connectivity index (χ0) is 13.1. The van der Waals surface area contributed by atoms with Crippen molar-refractivity contribution in [3.05, 3.63) is 39.5 Å². The van der Waals surface area contributed by atoms with E-state index in [-0.39, 0.29) is 5.56 Å². The van der Waals surface area contributed by atoms with E-state index in [0.717, 1.165) is 16.1 Å². The lowest BCUT2D eigenvalue weighted by molar-refractivity contribution is 0.522. The second kappa shape index (κ2) is 5.67. The van der Waals surface area contributed by atoms with E-state index in [1.54, 1.807) is 11.3 Å². The first kappa shape index (κ1) is 12.6. The van der Waals surface area contributed by atoms with Crippen molar-refractivity contribution in [1.82, 2.24) is 15.5 Å². The van der Waals surface area contributed by atoms with Gasteiger partial charge in [-0.25, -0.2) is 5.10 Å². The van der Waals surface area contributed by atoms with E-state index in [2.05, 4.69) is 15.5 Å². The molecule has 0 aromatic carbocycles. The fraction of sp³-hybridized carbons (Fsp3) is 0.429. The van der Waals surface area contributed by atoms with Gasteiger partial charge in [-0.3, -0.25) is 4.79 Å². The largest absolute Gasteiger partial charge is 0.310 e. The Morgan fingerprint density at radius 3 is 3.00 bits per heavy atom. The lowest BCUT2D eigenvalue weighted by Crippen LogP contribution is -2.29. The highest BCUT2D eigenvalue weighted by Crippen LogP contribution is 2.22. The Bertz CT molecular complexity index is 585. The van der Waals surface area contributed by atoms with Crippen LogP contribution in [0.5, 0.6) is 0 Å². The molecule has 0 atom stereocenters. The van der Waals surface area contributed by atoms with Crippen LogP contribution in [0.2, 0.25) is 0 Å². The lowest BCUT2D eigenvalue weighted by Gasteiger charge is -2.11. The number of aromatic amines is 1. The second-order valence-electron chi connectivity index (χ2n) is 4.95. The maximum Gasteiger partial charge on any atom is 0.268 e. The maximum atomic E-state index is 11.8. The Kier molecular flexibility index (Phi) is 3.75. The summed E-state index contributed by atoms with van der Waals surface area (Å²) < 4.78 is 0. The predicted octanol–water partition coefficient (Wildman–Crippen LogP) is 2.53. The standard InChI is InChI=1S/C14H17N3OS/c18-14-10(9-15-11-4-1-2-5-11)8-12(16-17-14)13-6-3-7-19-13/h3,6-8,11,15H,1-2,4-5,9H2,(H,17,18). The van der Waals surface area contributed by atoms with Crippen LogP contribution in [0, 0.1) is 0 Å². The average molecular weight is 275 g/mol. The number of hydrogen-bond donors (Lipinski definition) is 2. The third-order valence-electron chi connectivity index (χ3n) is 3.59. The number of thiophene rings is 1. The number of H-pyrrole nitrogens is 1. The van der Waals surface area contributed by atoms with Crippen LogP contribution in [0.3, 0.4) is 0 Å². The van der Waals surface area contributed by atoms with E-state index in [4.69, 9.17) is 0 Å². The van der Waals surface area contributed by atoms with Crippen LogP contribution in [-0.2, 0) is 6.54 Å². The van der Waals surface area contributed by atoms with Gasteiger partial charge >= 0.3 is 0 Å². The minimum atomic E-state index is -0.0918. The molecule has 2 N–H and O–H groups in total. The summed E-state index contributed by atoms with van der Waals surface area (Å²) in [4.78, 5) is 12.9. The Balaban J connectivity index is 1.76. The van der Waals surface area contributed by atoms with Gasteiger partial charge in [0.1, 0.15) is 5.69 Å². The number of nitrogens with zero attached hydrogens (tertiary/aromatic N) is 1. The Hall–Kier alpha value is -1.46. The van der Waals surface area contributed by atoms with Crippen molar-refractivity contribution in [2.45, 2.75) is 38.3 Å². The molecule has 0 spiro atoms. The average Bonchev–Trinajstić information content (AvgIpc) is 3.11. The molecule has 4 nitrogen and oxygen atoms in total. The molecule has 0 bridgehead atoms. The van der Waals surface area contributed by atoms with Crippen molar-refractivity contribution in [2.75, 3.05) is 0 Å². The molecule has 5 heteroatoms. The minimum Gasteiger partial charge on any atom is -0.310 e. The van der Waals surface area contributed by atoms with Gasteiger partial charge in [-0.2, -0.15) is 5.10 Å². The minimum absolute atomic E-state index is 0.0918. The summed E-state index contributed by atoms with van der Waals surface area (Å²) in [6.45, 7) is 0.626. The number of nitrogens with one attached hydrogen (secondary N) is 2. The fourth-order valence-electron chi connectivity index (χ4n) is 2.51. The van der Waals surface area contributed by atoms with Gasteiger partial charge in [0.2, 0.25) is 0 Å². The topological polar surface area (TPSA) is 57.8 Å². The number of rotatable bonds is 4. The molecule has 1 aliphatic rings. The molecule has 1 fully saturated rings. The molecule has 2 aromatic heterocycles. The summed E-state index contributed by atoms with van der Waals surface area (Å²) in [6.07, 6.45) is 5.04. The van der Waals surface area contributed by atoms with E-state index in [1.165, 1.54) is 25.7 Å². The third kappa shape index (κ3) is 2.93. The molecule has 19 heavy (non-hydrogen) atoms. The van der Waals surface area contributed by atoms with Gasteiger partial charge in [-0.15, -0.1) is 11.3 Å². The summed E-state index contributed by atoms with van der Waals surface area (Å²) in [5.41, 5.74) is 1.52. The molecule has 2 aromatic rings. The van der Waals surface area contributed by atoms with Gasteiger partial charge in [0.25, 0.3) is 5.56 Å². The molecule has 1 aliphatic carbocycles. The van der Waals surface area contributed by atoms with E-state index in [9.17, 15) is 4.79 Å². The molecule has 1 saturated carbocycles. The quantitative estimate of drug-likeness (QED) is 0.901. The fourth-order valence-corrected chi connectivity index (χ4v) is 3.20. The molecule has 3 rings (SSSR count). The smallest absolute Gasteiger partial charge is 0.268 e. The van der Waals surface area contributed by atoms with E-state index >= 15 is 0 Å². The Morgan fingerprint density at radius 1 is 1.42 bits per heavy atom. The Labute approximate surface area is 115 Å². The molecule has 0 saturated heterocycles. The first-order valence-electron chi connectivity index (χ1n) is 6.69. The zero-order valence-corrected chi connectivity index (χ0v) is 11.5. The van der Waals surface area contributed by atoms with Crippen LogP contribution >= 0.6 is 11.3 Å². The van der Waals surface area contributed by atoms with Crippen LogP contribution in [0.4, 0.5) is 0 Å². The normalized spacial score (nSPS) is 16.0. The first-order chi connectivity index (χ1) is 9.33. The van der Waals surface area contributed by atoms with Crippen molar-refractivity contribution < 1.29 is 0 Å². The zero-order valence-electron chi connectivity index (χ0n) is 10.7. The summed E-state index contributed by atoms with van der Waals surface area (Å²) in [5.74, 6) is 0. The SMILES string of the molecule is O=c1[nH]nc(-c2cccs2)cc1CNC1CCCC1. The van der Waals surface area contributed by atoms with Crippen LogP contribution in [0.15, 0.2) is 28.4 Å². The summed E-state index contributed by atoms with van der Waals surface area (Å²) >= 11 is 1.63. The highest BCUT2D eigenvalue weighted by Gasteiger charge is 2.15. The molecular weight excluding hydrogens is 258 g/mol. The highest BCUT2D eigenvalue weighted by atomic mass is 32.1. The molecule has 0 aliphatic heterocycles. The summed E-state index contributed by atoms with van der Waals surface area (Å²) in [7, 11) is 0. The second-order valence-corrected chi connectivity index (χ2v) is 5.89. The molecule has 0 amide bonds. The molecular formula is C14H17N3OS. The third-order valence-corrected chi connectivity index (χ3v) is 4.48. The molecule has 2 heterocycles. The van der Waals surface area contributed by atoms with Gasteiger partial charge in [0.05, 0.1) is 4.88 Å². The highest BCUT2D eigenvalue weighted by molar-refractivity contribution is 7.13. The van der Waals surface area contributed by atoms with E-state index in [1.807, 2.05) is 23.6 Å². The van der Waals surface area contributed by atoms with Gasteiger partial charge in [-0.1, -0.05) is 18.9 Å². The van der Waals surface area contributed by atoms with Crippen LogP contribution in [-0.4, -0.2) is 16.2 Å². The monoisotopic (exact) mass is 275 g/mol. The lowest BCUT2D eigenvalue weighted by atomic mass is 10.2. The van der Waals surface area contributed by atoms with E-state index in [0.29, 0.717) is 12.6 Å². The maximum absolute atomic E-state index is 11.8. The van der Waals surface area contributed by atoms with Gasteiger partial charge < -0.3 is 5.32 Å². The summed E-state index contributed by atoms with van der Waals surface area (Å²) in [6, 6.07) is 6.47. The predicted molar refractivity (Wildman–Crippen MR) is 77.3 cm³/mol. The first-order valence-corrected chi connectivity index (χ1v) is 7.57. The van der Waals surface area contributed by atoms with Crippen LogP contribution in [0.25, 0.3) is 10.6 Å². The van der Waals surface area contributed by atoms with Gasteiger partial charge in [0.15, 0.2) is 0 Å². The van der Waals surface area contributed by atoms with Gasteiger partial charge in [0, 0.05) is 18.2 Å². The Morgan fingerprint density at radius 2 is 2.26 bits per heavy atom. The van der Waals surface area contributed by atoms with Crippen molar-refractivity contribution >= 4 is 11.3 Å². The van der Waals surface area contributed by atoms with Gasteiger partial charge in [-0.05, 0) is 30.4 Å². The molecule has 0 unspecified atom stereocenters. The molecule has 100 valence electrons. The van der Waals surface area contributed by atoms with Crippen molar-refractivity contribution in [1.29, 1.82) is 0 Å². The van der Waals surface area contributed by atoms with Crippen molar-refractivity contribution in [2.24, 2.45) is 0 Å².